The smallest absolute Gasteiger partial charge is 0.221 e. The molecule has 0 spiro atoms. The summed E-state index contributed by atoms with van der Waals surface area (Å²) in [6.45, 7) is 1.08. The molecule has 0 aliphatic rings. The van der Waals surface area contributed by atoms with Gasteiger partial charge in [-0.3, -0.25) is 4.79 Å². The summed E-state index contributed by atoms with van der Waals surface area (Å²) in [5.41, 5.74) is 0.448. The number of benzene rings is 1. The molecule has 114 valence electrons. The van der Waals surface area contributed by atoms with E-state index in [9.17, 15) is 13.6 Å². The first-order valence-corrected chi connectivity index (χ1v) is 6.77. The lowest BCUT2D eigenvalue weighted by Gasteiger charge is -2.06. The predicted molar refractivity (Wildman–Crippen MR) is 76.5 cm³/mol. The third-order valence-corrected chi connectivity index (χ3v) is 3.32. The molecule has 0 unspecified atom stereocenters. The van der Waals surface area contributed by atoms with Crippen molar-refractivity contribution in [3.8, 4) is 0 Å². The van der Waals surface area contributed by atoms with Crippen LogP contribution in [0.1, 0.15) is 6.42 Å². The average molecular weight is 315 g/mol. The predicted octanol–water partition coefficient (Wildman–Crippen LogP) is 2.13. The Kier molecular flexibility index (Phi) is 5.03. The Morgan fingerprint density at radius 1 is 1.48 bits per heavy atom. The van der Waals surface area contributed by atoms with E-state index in [0.717, 1.165) is 6.07 Å². The molecule has 1 heterocycles. The Labute approximate surface area is 124 Å². The van der Waals surface area contributed by atoms with Gasteiger partial charge >= 0.3 is 0 Å². The lowest BCUT2D eigenvalue weighted by Crippen LogP contribution is -2.27. The van der Waals surface area contributed by atoms with Crippen molar-refractivity contribution in [1.29, 1.82) is 0 Å². The quantitative estimate of drug-likeness (QED) is 0.634. The molecule has 0 aliphatic heterocycles. The number of methoxy groups -OCH3 is 1. The fourth-order valence-electron chi connectivity index (χ4n) is 2.00. The van der Waals surface area contributed by atoms with Gasteiger partial charge in [0.15, 0.2) is 10.6 Å². The summed E-state index contributed by atoms with van der Waals surface area (Å²) >= 11 is 5.08. The molecule has 21 heavy (non-hydrogen) atoms. The van der Waals surface area contributed by atoms with E-state index in [4.69, 9.17) is 17.0 Å². The van der Waals surface area contributed by atoms with Crippen LogP contribution in [0, 0.1) is 16.4 Å². The van der Waals surface area contributed by atoms with Crippen molar-refractivity contribution in [2.75, 3.05) is 20.3 Å². The first-order chi connectivity index (χ1) is 10.0. The van der Waals surface area contributed by atoms with Crippen LogP contribution in [0.3, 0.4) is 0 Å². The first-order valence-electron chi connectivity index (χ1n) is 6.36. The molecule has 8 heteroatoms. The van der Waals surface area contributed by atoms with Gasteiger partial charge in [0.25, 0.3) is 0 Å². The number of nitrogens with zero attached hydrogens (tertiary/aromatic N) is 1. The Hall–Kier alpha value is -1.80. The number of amides is 1. The molecule has 2 aromatic rings. The zero-order valence-electron chi connectivity index (χ0n) is 11.4. The van der Waals surface area contributed by atoms with E-state index in [2.05, 4.69) is 10.3 Å². The number of aryl methyl sites for hydroxylation is 1. The second-order valence-electron chi connectivity index (χ2n) is 4.46. The largest absolute Gasteiger partial charge is 0.383 e. The van der Waals surface area contributed by atoms with Crippen LogP contribution in [0.5, 0.6) is 0 Å². The molecule has 0 atom stereocenters. The van der Waals surface area contributed by atoms with Gasteiger partial charge in [-0.15, -0.1) is 0 Å². The van der Waals surface area contributed by atoms with Crippen LogP contribution < -0.4 is 5.32 Å². The number of hydrogen-bond acceptors (Lipinski definition) is 3. The highest BCUT2D eigenvalue weighted by atomic mass is 32.1. The Morgan fingerprint density at radius 3 is 2.95 bits per heavy atom. The van der Waals surface area contributed by atoms with E-state index < -0.39 is 11.6 Å². The molecule has 2 rings (SSSR count). The number of nitrogens with one attached hydrogen (secondary N) is 2. The third-order valence-electron chi connectivity index (χ3n) is 2.99. The summed E-state index contributed by atoms with van der Waals surface area (Å²) in [6, 6.07) is 1.98. The number of halogens is 2. The van der Waals surface area contributed by atoms with Crippen molar-refractivity contribution in [1.82, 2.24) is 14.9 Å². The van der Waals surface area contributed by atoms with Crippen molar-refractivity contribution in [2.24, 2.45) is 0 Å². The van der Waals surface area contributed by atoms with Gasteiger partial charge in [0.1, 0.15) is 11.3 Å². The van der Waals surface area contributed by atoms with Crippen molar-refractivity contribution in [2.45, 2.75) is 13.0 Å². The Morgan fingerprint density at radius 2 is 2.24 bits per heavy atom. The molecule has 2 N–H and O–H groups in total. The second-order valence-corrected chi connectivity index (χ2v) is 4.84. The zero-order valence-corrected chi connectivity index (χ0v) is 12.2. The summed E-state index contributed by atoms with van der Waals surface area (Å²) in [5, 5.41) is 2.67. The van der Waals surface area contributed by atoms with Crippen LogP contribution in [-0.2, 0) is 16.1 Å². The summed E-state index contributed by atoms with van der Waals surface area (Å²) in [6.07, 6.45) is 0.156. The maximum atomic E-state index is 13.6. The highest BCUT2D eigenvalue weighted by Gasteiger charge is 2.12. The van der Waals surface area contributed by atoms with Crippen molar-refractivity contribution < 1.29 is 18.3 Å². The molecule has 0 bridgehead atoms. The summed E-state index contributed by atoms with van der Waals surface area (Å²) in [4.78, 5) is 14.3. The second kappa shape index (κ2) is 6.77. The number of ether oxygens (including phenoxy) is 1. The van der Waals surface area contributed by atoms with Crippen LogP contribution in [-0.4, -0.2) is 35.7 Å². The van der Waals surface area contributed by atoms with Crippen LogP contribution in [0.15, 0.2) is 12.1 Å². The highest BCUT2D eigenvalue weighted by Crippen LogP contribution is 2.19. The van der Waals surface area contributed by atoms with E-state index in [-0.39, 0.29) is 29.2 Å². The van der Waals surface area contributed by atoms with Crippen LogP contribution in [0.4, 0.5) is 8.78 Å². The van der Waals surface area contributed by atoms with E-state index in [1.807, 2.05) is 0 Å². The summed E-state index contributed by atoms with van der Waals surface area (Å²) in [5.74, 6) is -1.58. The summed E-state index contributed by atoms with van der Waals surface area (Å²) < 4.78 is 33.5. The normalized spacial score (nSPS) is 11.0. The van der Waals surface area contributed by atoms with Gasteiger partial charge in [-0.25, -0.2) is 8.78 Å². The minimum atomic E-state index is -0.709. The average Bonchev–Trinajstić information content (AvgIpc) is 2.73. The molecule has 0 aliphatic carbocycles. The number of hydrogen-bond donors (Lipinski definition) is 2. The fraction of sp³-hybridized carbons (Fsp3) is 0.385. The van der Waals surface area contributed by atoms with Gasteiger partial charge < -0.3 is 19.6 Å². The van der Waals surface area contributed by atoms with Gasteiger partial charge in [0.05, 0.1) is 12.1 Å². The fourth-order valence-corrected chi connectivity index (χ4v) is 2.29. The van der Waals surface area contributed by atoms with E-state index in [0.29, 0.717) is 18.7 Å². The molecule has 0 fully saturated rings. The monoisotopic (exact) mass is 315 g/mol. The van der Waals surface area contributed by atoms with E-state index in [1.165, 1.54) is 10.6 Å². The van der Waals surface area contributed by atoms with Gasteiger partial charge in [-0.2, -0.15) is 0 Å². The number of carbonyl (C=O) groups excluding carboxylic acids is 1. The molecular weight excluding hydrogens is 300 g/mol. The molecule has 1 amide bonds. The van der Waals surface area contributed by atoms with Crippen molar-refractivity contribution in [3.63, 3.8) is 0 Å². The van der Waals surface area contributed by atoms with E-state index >= 15 is 0 Å². The Bertz CT molecular complexity index is 711. The maximum Gasteiger partial charge on any atom is 0.221 e. The van der Waals surface area contributed by atoms with Gasteiger partial charge in [0.2, 0.25) is 5.91 Å². The third kappa shape index (κ3) is 3.64. The first kappa shape index (κ1) is 15.6. The summed E-state index contributed by atoms with van der Waals surface area (Å²) in [7, 11) is 1.54. The van der Waals surface area contributed by atoms with Crippen LogP contribution in [0.2, 0.25) is 0 Å². The number of carbonyl (C=O) groups is 1. The lowest BCUT2D eigenvalue weighted by atomic mass is 10.3. The number of aromatic nitrogens is 2. The van der Waals surface area contributed by atoms with Gasteiger partial charge in [-0.05, 0) is 18.3 Å². The van der Waals surface area contributed by atoms with Gasteiger partial charge in [-0.1, -0.05) is 0 Å². The van der Waals surface area contributed by atoms with Crippen LogP contribution in [0.25, 0.3) is 11.0 Å². The van der Waals surface area contributed by atoms with Crippen molar-refractivity contribution >= 4 is 29.2 Å². The minimum Gasteiger partial charge on any atom is -0.383 e. The number of imidazole rings is 1. The standard InChI is InChI=1S/C13H15F2N3O2S/c1-20-5-3-16-11(19)2-4-18-10-7-8(14)6-9(15)12(10)17-13(18)21/h6-7H,2-5H2,1H3,(H,16,19)(H,17,21). The van der Waals surface area contributed by atoms with Crippen LogP contribution >= 0.6 is 12.2 Å². The molecule has 0 saturated heterocycles. The molecule has 1 aromatic heterocycles. The number of H-pyrrole nitrogens is 1. The Balaban J connectivity index is 2.14. The molecule has 1 aromatic carbocycles. The van der Waals surface area contributed by atoms with Gasteiger partial charge in [0, 0.05) is 32.7 Å². The number of aromatic amines is 1. The van der Waals surface area contributed by atoms with E-state index in [1.54, 1.807) is 7.11 Å². The molecule has 0 radical (unpaired) electrons. The minimum absolute atomic E-state index is 0.140. The molecule has 0 saturated carbocycles. The zero-order chi connectivity index (χ0) is 15.4. The topological polar surface area (TPSA) is 59.0 Å². The SMILES string of the molecule is COCCNC(=O)CCn1c(=S)[nH]c2c(F)cc(F)cc21. The number of rotatable bonds is 6. The molecular formula is C13H15F2N3O2S. The molecule has 5 nitrogen and oxygen atoms in total. The van der Waals surface area contributed by atoms with Crippen molar-refractivity contribution in [3.05, 3.63) is 28.5 Å². The number of fused-ring (bicyclic) bond motifs is 1. The lowest BCUT2D eigenvalue weighted by molar-refractivity contribution is -0.121. The maximum absolute atomic E-state index is 13.6. The highest BCUT2D eigenvalue weighted by molar-refractivity contribution is 7.71.